The van der Waals surface area contributed by atoms with Gasteiger partial charge in [-0.15, -0.1) is 16.4 Å². The Morgan fingerprint density at radius 1 is 1.50 bits per heavy atom. The van der Waals surface area contributed by atoms with Crippen LogP contribution in [0.15, 0.2) is 11.6 Å². The lowest BCUT2D eigenvalue weighted by molar-refractivity contribution is 0.641. The molecule has 2 rings (SSSR count). The highest BCUT2D eigenvalue weighted by Gasteiger charge is 2.02. The Morgan fingerprint density at radius 2 is 2.36 bits per heavy atom. The number of nitrogens with zero attached hydrogens (tertiary/aromatic N) is 4. The minimum absolute atomic E-state index is 0.593. The van der Waals surface area contributed by atoms with E-state index < -0.39 is 0 Å². The van der Waals surface area contributed by atoms with Crippen molar-refractivity contribution in [3.05, 3.63) is 23.0 Å². The molecule has 0 amide bonds. The fourth-order valence-electron chi connectivity index (χ4n) is 1.14. The number of nitrogen functional groups attached to an aromatic ring is 1. The summed E-state index contributed by atoms with van der Waals surface area (Å²) in [6.45, 7) is 2.69. The van der Waals surface area contributed by atoms with E-state index in [1.807, 2.05) is 11.6 Å². The van der Waals surface area contributed by atoms with Crippen molar-refractivity contribution in [1.82, 2.24) is 20.0 Å². The molecular formula is C8H11N5S. The third kappa shape index (κ3) is 1.90. The van der Waals surface area contributed by atoms with Crippen molar-refractivity contribution in [2.24, 2.45) is 0 Å². The smallest absolute Gasteiger partial charge is 0.180 e. The van der Waals surface area contributed by atoms with E-state index in [1.54, 1.807) is 4.68 Å². The van der Waals surface area contributed by atoms with Gasteiger partial charge in [-0.1, -0.05) is 12.1 Å². The van der Waals surface area contributed by atoms with E-state index in [2.05, 4.69) is 22.2 Å². The van der Waals surface area contributed by atoms with Gasteiger partial charge in [-0.25, -0.2) is 9.67 Å². The standard InChI is InChI=1S/C8H11N5S/c1-2-6-3-13(12-11-6)4-7-5-14-8(9)10-7/h3,5H,2,4H2,1H3,(H2,9,10). The van der Waals surface area contributed by atoms with Crippen molar-refractivity contribution in [3.63, 3.8) is 0 Å². The van der Waals surface area contributed by atoms with Gasteiger partial charge in [0.25, 0.3) is 0 Å². The van der Waals surface area contributed by atoms with Crippen LogP contribution in [0, 0.1) is 0 Å². The lowest BCUT2D eigenvalue weighted by Crippen LogP contribution is -2.00. The van der Waals surface area contributed by atoms with Gasteiger partial charge in [0, 0.05) is 11.6 Å². The first-order valence-electron chi connectivity index (χ1n) is 4.37. The molecular weight excluding hydrogens is 198 g/mol. The van der Waals surface area contributed by atoms with Crippen molar-refractivity contribution in [2.75, 3.05) is 5.73 Å². The Kier molecular flexibility index (Phi) is 2.45. The van der Waals surface area contributed by atoms with Crippen LogP contribution in [0.1, 0.15) is 18.3 Å². The molecule has 2 aromatic heterocycles. The van der Waals surface area contributed by atoms with Crippen molar-refractivity contribution in [2.45, 2.75) is 19.9 Å². The molecule has 0 saturated carbocycles. The molecule has 2 N–H and O–H groups in total. The van der Waals surface area contributed by atoms with Gasteiger partial charge in [0.1, 0.15) is 0 Å². The monoisotopic (exact) mass is 209 g/mol. The van der Waals surface area contributed by atoms with Crippen molar-refractivity contribution < 1.29 is 0 Å². The first-order valence-corrected chi connectivity index (χ1v) is 5.24. The van der Waals surface area contributed by atoms with Crippen LogP contribution >= 0.6 is 11.3 Å². The van der Waals surface area contributed by atoms with Crippen LogP contribution in [-0.2, 0) is 13.0 Å². The Bertz CT molecular complexity index is 419. The Labute approximate surface area is 85.6 Å². The number of hydrogen-bond donors (Lipinski definition) is 1. The van der Waals surface area contributed by atoms with Crippen molar-refractivity contribution in [3.8, 4) is 0 Å². The second-order valence-electron chi connectivity index (χ2n) is 2.94. The van der Waals surface area contributed by atoms with E-state index in [0.717, 1.165) is 17.8 Å². The number of nitrogens with two attached hydrogens (primary N) is 1. The highest BCUT2D eigenvalue weighted by molar-refractivity contribution is 7.13. The molecule has 0 bridgehead atoms. The van der Waals surface area contributed by atoms with Crippen LogP contribution in [0.2, 0.25) is 0 Å². The summed E-state index contributed by atoms with van der Waals surface area (Å²) >= 11 is 1.44. The molecule has 0 aliphatic carbocycles. The lowest BCUT2D eigenvalue weighted by atomic mass is 10.4. The normalized spacial score (nSPS) is 10.6. The topological polar surface area (TPSA) is 69.6 Å². The molecule has 0 unspecified atom stereocenters. The SMILES string of the molecule is CCc1cn(Cc2csc(N)n2)nn1. The summed E-state index contributed by atoms with van der Waals surface area (Å²) in [4.78, 5) is 4.15. The maximum Gasteiger partial charge on any atom is 0.180 e. The summed E-state index contributed by atoms with van der Waals surface area (Å²) < 4.78 is 1.77. The average Bonchev–Trinajstić information content (AvgIpc) is 2.76. The fraction of sp³-hybridized carbons (Fsp3) is 0.375. The van der Waals surface area contributed by atoms with Crippen LogP contribution in [-0.4, -0.2) is 20.0 Å². The molecule has 0 aromatic carbocycles. The predicted octanol–water partition coefficient (Wildman–Crippen LogP) is 0.927. The zero-order valence-corrected chi connectivity index (χ0v) is 8.66. The number of aryl methyl sites for hydroxylation is 1. The quantitative estimate of drug-likeness (QED) is 0.816. The molecule has 2 aromatic rings. The van der Waals surface area contributed by atoms with Gasteiger partial charge in [-0.05, 0) is 6.42 Å². The highest BCUT2D eigenvalue weighted by atomic mass is 32.1. The zero-order chi connectivity index (χ0) is 9.97. The van der Waals surface area contributed by atoms with Crippen molar-refractivity contribution >= 4 is 16.5 Å². The first kappa shape index (κ1) is 9.14. The molecule has 74 valence electrons. The van der Waals surface area contributed by atoms with Crippen LogP contribution in [0.5, 0.6) is 0 Å². The number of aromatic nitrogens is 4. The Balaban J connectivity index is 2.10. The van der Waals surface area contributed by atoms with Gasteiger partial charge in [-0.3, -0.25) is 0 Å². The molecule has 14 heavy (non-hydrogen) atoms. The summed E-state index contributed by atoms with van der Waals surface area (Å²) in [7, 11) is 0. The summed E-state index contributed by atoms with van der Waals surface area (Å²) in [5, 5.41) is 10.5. The summed E-state index contributed by atoms with van der Waals surface area (Å²) in [6.07, 6.45) is 2.83. The molecule has 0 spiro atoms. The maximum atomic E-state index is 5.53. The molecule has 0 saturated heterocycles. The third-order valence-corrected chi connectivity index (χ3v) is 2.56. The van der Waals surface area contributed by atoms with E-state index >= 15 is 0 Å². The molecule has 5 nitrogen and oxygen atoms in total. The zero-order valence-electron chi connectivity index (χ0n) is 7.84. The second kappa shape index (κ2) is 3.75. The maximum absolute atomic E-state index is 5.53. The number of anilines is 1. The molecule has 0 aliphatic rings. The summed E-state index contributed by atoms with van der Waals surface area (Å²) in [5.74, 6) is 0. The summed E-state index contributed by atoms with van der Waals surface area (Å²) in [5.41, 5.74) is 7.45. The van der Waals surface area contributed by atoms with Gasteiger partial charge < -0.3 is 5.73 Å². The number of rotatable bonds is 3. The number of hydrogen-bond acceptors (Lipinski definition) is 5. The summed E-state index contributed by atoms with van der Waals surface area (Å²) in [6, 6.07) is 0. The van der Waals surface area contributed by atoms with Gasteiger partial charge in [0.2, 0.25) is 0 Å². The van der Waals surface area contributed by atoms with Crippen LogP contribution in [0.4, 0.5) is 5.13 Å². The Hall–Kier alpha value is -1.43. The lowest BCUT2D eigenvalue weighted by Gasteiger charge is -1.94. The second-order valence-corrected chi connectivity index (χ2v) is 3.83. The molecule has 0 fully saturated rings. The Morgan fingerprint density at radius 3 is 2.93 bits per heavy atom. The van der Waals surface area contributed by atoms with Crippen LogP contribution < -0.4 is 5.73 Å². The minimum Gasteiger partial charge on any atom is -0.375 e. The largest absolute Gasteiger partial charge is 0.375 e. The number of thiazole rings is 1. The van der Waals surface area contributed by atoms with E-state index in [-0.39, 0.29) is 0 Å². The minimum atomic E-state index is 0.593. The fourth-order valence-corrected chi connectivity index (χ4v) is 1.69. The van der Waals surface area contributed by atoms with E-state index in [0.29, 0.717) is 11.7 Å². The predicted molar refractivity (Wildman–Crippen MR) is 55.0 cm³/mol. The van der Waals surface area contributed by atoms with Gasteiger partial charge in [0.05, 0.1) is 17.9 Å². The molecule has 2 heterocycles. The van der Waals surface area contributed by atoms with Gasteiger partial charge in [-0.2, -0.15) is 0 Å². The molecule has 0 aliphatic heterocycles. The van der Waals surface area contributed by atoms with E-state index in [4.69, 9.17) is 5.73 Å². The molecule has 0 radical (unpaired) electrons. The van der Waals surface area contributed by atoms with Crippen LogP contribution in [0.25, 0.3) is 0 Å². The first-order chi connectivity index (χ1) is 6.78. The molecule has 6 heteroatoms. The average molecular weight is 209 g/mol. The van der Waals surface area contributed by atoms with Gasteiger partial charge >= 0.3 is 0 Å². The van der Waals surface area contributed by atoms with Gasteiger partial charge in [0.15, 0.2) is 5.13 Å². The van der Waals surface area contributed by atoms with Crippen LogP contribution in [0.3, 0.4) is 0 Å². The third-order valence-electron chi connectivity index (χ3n) is 1.84. The highest BCUT2D eigenvalue weighted by Crippen LogP contribution is 2.11. The molecule has 0 atom stereocenters. The van der Waals surface area contributed by atoms with E-state index in [9.17, 15) is 0 Å². The van der Waals surface area contributed by atoms with E-state index in [1.165, 1.54) is 11.3 Å². The van der Waals surface area contributed by atoms with Crippen molar-refractivity contribution in [1.29, 1.82) is 0 Å².